The van der Waals surface area contributed by atoms with Gasteiger partial charge in [-0.25, -0.2) is 0 Å². The van der Waals surface area contributed by atoms with Crippen LogP contribution in [0.5, 0.6) is 0 Å². The van der Waals surface area contributed by atoms with E-state index in [0.29, 0.717) is 31.6 Å². The van der Waals surface area contributed by atoms with Gasteiger partial charge in [0.05, 0.1) is 5.92 Å². The molecule has 0 atom stereocenters. The van der Waals surface area contributed by atoms with E-state index in [1.54, 1.807) is 0 Å². The Morgan fingerprint density at radius 2 is 2.00 bits per heavy atom. The highest BCUT2D eigenvalue weighted by Crippen LogP contribution is 2.37. The molecule has 18 heavy (non-hydrogen) atoms. The van der Waals surface area contributed by atoms with Crippen molar-refractivity contribution in [2.75, 3.05) is 6.54 Å². The van der Waals surface area contributed by atoms with Crippen molar-refractivity contribution < 1.29 is 17.7 Å². The second-order valence-electron chi connectivity index (χ2n) is 4.64. The second-order valence-corrected chi connectivity index (χ2v) is 4.64. The second kappa shape index (κ2) is 5.69. The Hall–Kier alpha value is -1.11. The molecule has 1 saturated carbocycles. The molecule has 0 saturated heterocycles. The van der Waals surface area contributed by atoms with Crippen molar-refractivity contribution in [1.29, 1.82) is 0 Å². The summed E-state index contributed by atoms with van der Waals surface area (Å²) in [5.74, 6) is -0.501. The highest BCUT2D eigenvalue weighted by molar-refractivity contribution is 4.83. The first kappa shape index (κ1) is 13.3. The van der Waals surface area contributed by atoms with Crippen LogP contribution in [-0.4, -0.2) is 28.9 Å². The van der Waals surface area contributed by atoms with Crippen molar-refractivity contribution in [3.8, 4) is 0 Å². The average Bonchev–Trinajstić information content (AvgIpc) is 2.82. The Balaban J connectivity index is 1.65. The van der Waals surface area contributed by atoms with Gasteiger partial charge < -0.3 is 9.84 Å². The van der Waals surface area contributed by atoms with Gasteiger partial charge in [-0.05, 0) is 25.7 Å². The van der Waals surface area contributed by atoms with Gasteiger partial charge in [-0.15, -0.1) is 0 Å². The average molecular weight is 263 g/mol. The maximum Gasteiger partial charge on any atom is 0.391 e. The van der Waals surface area contributed by atoms with Gasteiger partial charge in [-0.2, -0.15) is 18.2 Å². The fourth-order valence-corrected chi connectivity index (χ4v) is 2.32. The number of hydrogen-bond acceptors (Lipinski definition) is 4. The lowest BCUT2D eigenvalue weighted by Gasteiger charge is -2.30. The highest BCUT2D eigenvalue weighted by Gasteiger charge is 2.41. The SMILES string of the molecule is FC(F)(F)C1CCC(NCCc2ncon2)CC1. The normalized spacial score (nSPS) is 25.3. The van der Waals surface area contributed by atoms with E-state index in [1.165, 1.54) is 6.39 Å². The van der Waals surface area contributed by atoms with Gasteiger partial charge in [-0.1, -0.05) is 5.16 Å². The standard InChI is InChI=1S/C11H16F3N3O/c12-11(13,14)8-1-3-9(4-2-8)15-6-5-10-16-7-18-17-10/h7-9,15H,1-6H2. The Labute approximate surface area is 103 Å². The topological polar surface area (TPSA) is 51.0 Å². The fourth-order valence-electron chi connectivity index (χ4n) is 2.32. The van der Waals surface area contributed by atoms with Gasteiger partial charge in [0.25, 0.3) is 0 Å². The number of alkyl halides is 3. The molecule has 0 radical (unpaired) electrons. The van der Waals surface area contributed by atoms with E-state index in [2.05, 4.69) is 20.0 Å². The van der Waals surface area contributed by atoms with Crippen molar-refractivity contribution in [2.45, 2.75) is 44.3 Å². The molecule has 0 amide bonds. The summed E-state index contributed by atoms with van der Waals surface area (Å²) in [5.41, 5.74) is 0. The van der Waals surface area contributed by atoms with E-state index in [-0.39, 0.29) is 18.9 Å². The lowest BCUT2D eigenvalue weighted by Crippen LogP contribution is -2.37. The van der Waals surface area contributed by atoms with Crippen LogP contribution in [0.1, 0.15) is 31.5 Å². The van der Waals surface area contributed by atoms with Crippen LogP contribution in [-0.2, 0) is 6.42 Å². The Morgan fingerprint density at radius 1 is 1.28 bits per heavy atom. The van der Waals surface area contributed by atoms with Crippen molar-refractivity contribution in [3.63, 3.8) is 0 Å². The minimum atomic E-state index is -4.03. The van der Waals surface area contributed by atoms with Crippen molar-refractivity contribution >= 4 is 0 Å². The molecule has 4 nitrogen and oxygen atoms in total. The van der Waals surface area contributed by atoms with E-state index in [9.17, 15) is 13.2 Å². The molecule has 7 heteroatoms. The van der Waals surface area contributed by atoms with E-state index in [4.69, 9.17) is 0 Å². The summed E-state index contributed by atoms with van der Waals surface area (Å²) in [7, 11) is 0. The quantitative estimate of drug-likeness (QED) is 0.905. The molecule has 1 fully saturated rings. The van der Waals surface area contributed by atoms with Gasteiger partial charge in [0, 0.05) is 19.0 Å². The zero-order valence-electron chi connectivity index (χ0n) is 9.91. The van der Waals surface area contributed by atoms with Crippen LogP contribution >= 0.6 is 0 Å². The smallest absolute Gasteiger partial charge is 0.343 e. The number of nitrogens with zero attached hydrogens (tertiary/aromatic N) is 2. The summed E-state index contributed by atoms with van der Waals surface area (Å²) >= 11 is 0. The number of halogens is 3. The minimum absolute atomic E-state index is 0.176. The number of rotatable bonds is 4. The fraction of sp³-hybridized carbons (Fsp3) is 0.818. The molecule has 0 spiro atoms. The number of hydrogen-bond donors (Lipinski definition) is 1. The van der Waals surface area contributed by atoms with Gasteiger partial charge in [0.1, 0.15) is 0 Å². The largest absolute Gasteiger partial charge is 0.391 e. The van der Waals surface area contributed by atoms with Crippen molar-refractivity contribution in [2.24, 2.45) is 5.92 Å². The molecule has 1 N–H and O–H groups in total. The van der Waals surface area contributed by atoms with E-state index < -0.39 is 12.1 Å². The lowest BCUT2D eigenvalue weighted by molar-refractivity contribution is -0.182. The van der Waals surface area contributed by atoms with E-state index >= 15 is 0 Å². The Kier molecular flexibility index (Phi) is 4.21. The molecular formula is C11H16F3N3O. The molecule has 1 aliphatic carbocycles. The van der Waals surface area contributed by atoms with Crippen LogP contribution in [0.2, 0.25) is 0 Å². The zero-order valence-corrected chi connectivity index (χ0v) is 9.91. The van der Waals surface area contributed by atoms with Gasteiger partial charge in [0.15, 0.2) is 5.82 Å². The van der Waals surface area contributed by atoms with Crippen LogP contribution in [0.25, 0.3) is 0 Å². The van der Waals surface area contributed by atoms with Crippen molar-refractivity contribution in [3.05, 3.63) is 12.2 Å². The summed E-state index contributed by atoms with van der Waals surface area (Å²) in [6, 6.07) is 0.176. The Morgan fingerprint density at radius 3 is 2.56 bits per heavy atom. The summed E-state index contributed by atoms with van der Waals surface area (Å²) in [5, 5.41) is 6.91. The third-order valence-corrected chi connectivity index (χ3v) is 3.38. The maximum absolute atomic E-state index is 12.5. The summed E-state index contributed by atoms with van der Waals surface area (Å²) < 4.78 is 42.0. The van der Waals surface area contributed by atoms with Crippen LogP contribution in [0.3, 0.4) is 0 Å². The third kappa shape index (κ3) is 3.69. The molecule has 0 bridgehead atoms. The summed E-state index contributed by atoms with van der Waals surface area (Å²) in [6.45, 7) is 0.668. The van der Waals surface area contributed by atoms with Crippen LogP contribution in [0.15, 0.2) is 10.9 Å². The van der Waals surface area contributed by atoms with Gasteiger partial charge >= 0.3 is 6.18 Å². The molecular weight excluding hydrogens is 247 g/mol. The molecule has 0 aliphatic heterocycles. The molecule has 1 aromatic heterocycles. The summed E-state index contributed by atoms with van der Waals surface area (Å²) in [4.78, 5) is 3.88. The molecule has 1 aromatic rings. The number of aromatic nitrogens is 2. The molecule has 102 valence electrons. The third-order valence-electron chi connectivity index (χ3n) is 3.38. The molecule has 1 heterocycles. The van der Waals surface area contributed by atoms with Gasteiger partial charge in [0.2, 0.25) is 6.39 Å². The van der Waals surface area contributed by atoms with Crippen LogP contribution < -0.4 is 5.32 Å². The molecule has 0 unspecified atom stereocenters. The Bertz CT molecular complexity index is 345. The molecule has 2 rings (SSSR count). The van der Waals surface area contributed by atoms with Gasteiger partial charge in [-0.3, -0.25) is 0 Å². The number of nitrogens with one attached hydrogen (secondary N) is 1. The monoisotopic (exact) mass is 263 g/mol. The first-order valence-electron chi connectivity index (χ1n) is 6.11. The van der Waals surface area contributed by atoms with Crippen LogP contribution in [0, 0.1) is 5.92 Å². The minimum Gasteiger partial charge on any atom is -0.343 e. The highest BCUT2D eigenvalue weighted by atomic mass is 19.4. The van der Waals surface area contributed by atoms with E-state index in [1.807, 2.05) is 0 Å². The zero-order chi connectivity index (χ0) is 13.0. The van der Waals surface area contributed by atoms with Crippen LogP contribution in [0.4, 0.5) is 13.2 Å². The first-order chi connectivity index (χ1) is 8.55. The summed E-state index contributed by atoms with van der Waals surface area (Å²) in [6.07, 6.45) is -0.519. The maximum atomic E-state index is 12.5. The lowest BCUT2D eigenvalue weighted by atomic mass is 9.85. The predicted molar refractivity (Wildman–Crippen MR) is 57.8 cm³/mol. The molecule has 0 aromatic carbocycles. The van der Waals surface area contributed by atoms with E-state index in [0.717, 1.165) is 0 Å². The predicted octanol–water partition coefficient (Wildman–Crippen LogP) is 2.32. The first-order valence-corrected chi connectivity index (χ1v) is 6.11. The molecule has 1 aliphatic rings. The van der Waals surface area contributed by atoms with Crippen molar-refractivity contribution in [1.82, 2.24) is 15.5 Å².